The minimum absolute atomic E-state index is 0.0250. The summed E-state index contributed by atoms with van der Waals surface area (Å²) in [6, 6.07) is -0.455. The average Bonchev–Trinajstić information content (AvgIpc) is 2.49. The van der Waals surface area contributed by atoms with Crippen molar-refractivity contribution in [3.8, 4) is 0 Å². The summed E-state index contributed by atoms with van der Waals surface area (Å²) in [5.41, 5.74) is 0. The summed E-state index contributed by atoms with van der Waals surface area (Å²) in [5, 5.41) is 0. The van der Waals surface area contributed by atoms with Crippen LogP contribution in [-0.2, 0) is 14.6 Å². The van der Waals surface area contributed by atoms with Gasteiger partial charge in [-0.3, -0.25) is 0 Å². The Labute approximate surface area is 95.1 Å². The van der Waals surface area contributed by atoms with Gasteiger partial charge in [-0.1, -0.05) is 0 Å². The van der Waals surface area contributed by atoms with E-state index in [1.807, 2.05) is 0 Å². The number of hydrogen-bond acceptors (Lipinski definition) is 4. The summed E-state index contributed by atoms with van der Waals surface area (Å²) < 4.78 is 28.4. The van der Waals surface area contributed by atoms with Gasteiger partial charge in [0.25, 0.3) is 0 Å². The Morgan fingerprint density at radius 2 is 2.06 bits per heavy atom. The molecule has 0 N–H and O–H groups in total. The number of rotatable bonds is 0. The quantitative estimate of drug-likeness (QED) is 0.561. The van der Waals surface area contributed by atoms with Crippen LogP contribution in [-0.4, -0.2) is 75.1 Å². The van der Waals surface area contributed by atoms with Gasteiger partial charge in [-0.2, -0.15) is 0 Å². The third-order valence-electron chi connectivity index (χ3n) is 2.96. The maximum Gasteiger partial charge on any atom is 0.319 e. The Morgan fingerprint density at radius 1 is 1.38 bits per heavy atom. The Bertz CT molecular complexity index is 392. The largest absolute Gasteiger partial charge is 0.373 e. The maximum atomic E-state index is 11.9. The van der Waals surface area contributed by atoms with E-state index >= 15 is 0 Å². The van der Waals surface area contributed by atoms with Crippen molar-refractivity contribution in [2.45, 2.75) is 12.1 Å². The Hall–Kier alpha value is -0.820. The molecule has 0 spiro atoms. The first kappa shape index (κ1) is 11.7. The highest BCUT2D eigenvalue weighted by molar-refractivity contribution is 7.91. The molecule has 2 aliphatic rings. The lowest BCUT2D eigenvalue weighted by atomic mass is 10.1. The SMILES string of the molecule is CN(C)C(=O)N1CCOC2CS(=O)(=O)CC21. The third kappa shape index (κ3) is 2.01. The summed E-state index contributed by atoms with van der Waals surface area (Å²) in [4.78, 5) is 14.9. The van der Waals surface area contributed by atoms with E-state index in [0.29, 0.717) is 13.2 Å². The fourth-order valence-electron chi connectivity index (χ4n) is 2.21. The first-order valence-corrected chi connectivity index (χ1v) is 7.03. The van der Waals surface area contributed by atoms with E-state index in [2.05, 4.69) is 0 Å². The van der Waals surface area contributed by atoms with Crippen molar-refractivity contribution in [2.75, 3.05) is 38.8 Å². The molecule has 2 fully saturated rings. The van der Waals surface area contributed by atoms with E-state index < -0.39 is 9.84 Å². The number of carbonyl (C=O) groups is 1. The Morgan fingerprint density at radius 3 is 2.69 bits per heavy atom. The van der Waals surface area contributed by atoms with E-state index in [4.69, 9.17) is 4.74 Å². The summed E-state index contributed by atoms with van der Waals surface area (Å²) in [6.45, 7) is 0.879. The molecule has 0 aromatic rings. The van der Waals surface area contributed by atoms with Crippen LogP contribution in [0.5, 0.6) is 0 Å². The van der Waals surface area contributed by atoms with Crippen molar-refractivity contribution in [1.82, 2.24) is 9.80 Å². The zero-order valence-electron chi connectivity index (χ0n) is 9.42. The van der Waals surface area contributed by atoms with Crippen LogP contribution in [0.4, 0.5) is 4.79 Å². The zero-order valence-corrected chi connectivity index (χ0v) is 10.2. The Balaban J connectivity index is 2.19. The van der Waals surface area contributed by atoms with Gasteiger partial charge in [0.2, 0.25) is 0 Å². The minimum Gasteiger partial charge on any atom is -0.373 e. The predicted molar refractivity (Wildman–Crippen MR) is 58.0 cm³/mol. The molecular formula is C9H16N2O4S. The topological polar surface area (TPSA) is 66.9 Å². The first-order chi connectivity index (χ1) is 7.41. The van der Waals surface area contributed by atoms with E-state index in [0.717, 1.165) is 0 Å². The van der Waals surface area contributed by atoms with Gasteiger partial charge in [-0.05, 0) is 0 Å². The smallest absolute Gasteiger partial charge is 0.319 e. The highest BCUT2D eigenvalue weighted by Crippen LogP contribution is 2.25. The lowest BCUT2D eigenvalue weighted by Crippen LogP contribution is -2.55. The van der Waals surface area contributed by atoms with E-state index in [9.17, 15) is 13.2 Å². The van der Waals surface area contributed by atoms with Crippen LogP contribution in [0.2, 0.25) is 0 Å². The van der Waals surface area contributed by atoms with Gasteiger partial charge >= 0.3 is 6.03 Å². The first-order valence-electron chi connectivity index (χ1n) is 5.21. The van der Waals surface area contributed by atoms with Crippen LogP contribution < -0.4 is 0 Å². The number of fused-ring (bicyclic) bond motifs is 1. The number of hydrogen-bond donors (Lipinski definition) is 0. The highest BCUT2D eigenvalue weighted by atomic mass is 32.2. The number of morpholine rings is 1. The molecule has 7 heteroatoms. The van der Waals surface area contributed by atoms with Crippen LogP contribution in [0.15, 0.2) is 0 Å². The molecule has 0 radical (unpaired) electrons. The van der Waals surface area contributed by atoms with Gasteiger partial charge in [-0.25, -0.2) is 13.2 Å². The zero-order chi connectivity index (χ0) is 11.9. The number of nitrogens with zero attached hydrogens (tertiary/aromatic N) is 2. The van der Waals surface area contributed by atoms with Crippen molar-refractivity contribution in [3.05, 3.63) is 0 Å². The lowest BCUT2D eigenvalue weighted by Gasteiger charge is -2.37. The van der Waals surface area contributed by atoms with Gasteiger partial charge in [-0.15, -0.1) is 0 Å². The molecule has 0 aromatic heterocycles. The van der Waals surface area contributed by atoms with Crippen molar-refractivity contribution in [1.29, 1.82) is 0 Å². The van der Waals surface area contributed by atoms with Crippen LogP contribution >= 0.6 is 0 Å². The van der Waals surface area contributed by atoms with E-state index in [1.165, 1.54) is 4.90 Å². The molecule has 0 saturated carbocycles. The Kier molecular flexibility index (Phi) is 2.83. The second-order valence-corrected chi connectivity index (χ2v) is 6.58. The van der Waals surface area contributed by atoms with Crippen LogP contribution in [0.25, 0.3) is 0 Å². The molecule has 2 atom stereocenters. The summed E-state index contributed by atoms with van der Waals surface area (Å²) in [7, 11) is 0.268. The molecule has 92 valence electrons. The second kappa shape index (κ2) is 3.89. The molecule has 0 aliphatic carbocycles. The number of urea groups is 1. The second-order valence-electron chi connectivity index (χ2n) is 4.42. The van der Waals surface area contributed by atoms with Gasteiger partial charge in [0.05, 0.1) is 30.3 Å². The normalized spacial score (nSPS) is 32.2. The average molecular weight is 248 g/mol. The molecule has 0 aromatic carbocycles. The van der Waals surface area contributed by atoms with E-state index in [1.54, 1.807) is 19.0 Å². The van der Waals surface area contributed by atoms with Gasteiger partial charge in [0, 0.05) is 20.6 Å². The fourth-order valence-corrected chi connectivity index (χ4v) is 4.08. The van der Waals surface area contributed by atoms with Gasteiger partial charge in [0.1, 0.15) is 0 Å². The number of ether oxygens (including phenoxy) is 1. The molecular weight excluding hydrogens is 232 g/mol. The van der Waals surface area contributed by atoms with Crippen molar-refractivity contribution >= 4 is 15.9 Å². The maximum absolute atomic E-state index is 11.9. The van der Waals surface area contributed by atoms with E-state index in [-0.39, 0.29) is 29.7 Å². The molecule has 6 nitrogen and oxygen atoms in total. The third-order valence-corrected chi connectivity index (χ3v) is 4.65. The molecule has 16 heavy (non-hydrogen) atoms. The molecule has 2 saturated heterocycles. The van der Waals surface area contributed by atoms with Crippen molar-refractivity contribution < 1.29 is 17.9 Å². The molecule has 2 rings (SSSR count). The van der Waals surface area contributed by atoms with Gasteiger partial charge in [0.15, 0.2) is 9.84 Å². The minimum atomic E-state index is -3.06. The standard InChI is InChI=1S/C9H16N2O4S/c1-10(2)9(12)11-3-4-15-8-6-16(13,14)5-7(8)11/h7-8H,3-6H2,1-2H3. The fraction of sp³-hybridized carbons (Fsp3) is 0.889. The highest BCUT2D eigenvalue weighted by Gasteiger charge is 2.45. The molecule has 2 amide bonds. The van der Waals surface area contributed by atoms with Crippen molar-refractivity contribution in [2.24, 2.45) is 0 Å². The van der Waals surface area contributed by atoms with Gasteiger partial charge < -0.3 is 14.5 Å². The summed E-state index contributed by atoms with van der Waals surface area (Å²) in [5.74, 6) is 0.0616. The summed E-state index contributed by atoms with van der Waals surface area (Å²) in [6.07, 6.45) is -0.345. The lowest BCUT2D eigenvalue weighted by molar-refractivity contribution is -0.0327. The van der Waals surface area contributed by atoms with Crippen molar-refractivity contribution in [3.63, 3.8) is 0 Å². The number of amides is 2. The summed E-state index contributed by atoms with van der Waals surface area (Å²) >= 11 is 0. The molecule has 0 bridgehead atoms. The van der Waals surface area contributed by atoms with Crippen LogP contribution in [0.3, 0.4) is 0 Å². The van der Waals surface area contributed by atoms with Crippen LogP contribution in [0.1, 0.15) is 0 Å². The monoisotopic (exact) mass is 248 g/mol. The predicted octanol–water partition coefficient (Wildman–Crippen LogP) is -0.834. The number of sulfone groups is 1. The molecule has 2 unspecified atom stereocenters. The molecule has 2 aliphatic heterocycles. The molecule has 2 heterocycles. The number of carbonyl (C=O) groups excluding carboxylic acids is 1. The van der Waals surface area contributed by atoms with Crippen LogP contribution in [0, 0.1) is 0 Å².